The average molecular weight is 252 g/mol. The lowest BCUT2D eigenvalue weighted by molar-refractivity contribution is 0.0665. The lowest BCUT2D eigenvalue weighted by atomic mass is 10.3. The van der Waals surface area contributed by atoms with Crippen molar-refractivity contribution in [3.8, 4) is 11.7 Å². The molecule has 2 N–H and O–H groups in total. The summed E-state index contributed by atoms with van der Waals surface area (Å²) in [5.41, 5.74) is 6.58. The minimum absolute atomic E-state index is 0.110. The van der Waals surface area contributed by atoms with Crippen LogP contribution >= 0.6 is 0 Å². The van der Waals surface area contributed by atoms with Crippen molar-refractivity contribution < 1.29 is 13.7 Å². The van der Waals surface area contributed by atoms with Crippen LogP contribution < -0.4 is 5.73 Å². The predicted molar refractivity (Wildman–Crippen MR) is 62.5 cm³/mol. The molecular formula is C11H16N4O3. The SMILES string of the molecule is Cc1ncoc1-c1nc(C(N)COC(C)C)no1. The van der Waals surface area contributed by atoms with Crippen molar-refractivity contribution in [2.24, 2.45) is 5.73 Å². The first-order chi connectivity index (χ1) is 8.58. The third-order valence-corrected chi connectivity index (χ3v) is 2.32. The molecule has 0 aromatic carbocycles. The van der Waals surface area contributed by atoms with E-state index in [4.69, 9.17) is 19.4 Å². The molecule has 7 heteroatoms. The number of hydrogen-bond acceptors (Lipinski definition) is 7. The Bertz CT molecular complexity index is 506. The number of nitrogens with zero attached hydrogens (tertiary/aromatic N) is 3. The van der Waals surface area contributed by atoms with Gasteiger partial charge in [-0.2, -0.15) is 4.98 Å². The molecule has 2 aromatic rings. The summed E-state index contributed by atoms with van der Waals surface area (Å²) in [5, 5.41) is 3.81. The van der Waals surface area contributed by atoms with E-state index in [1.165, 1.54) is 6.39 Å². The highest BCUT2D eigenvalue weighted by molar-refractivity contribution is 5.46. The Hall–Kier alpha value is -1.73. The highest BCUT2D eigenvalue weighted by Gasteiger charge is 2.19. The fraction of sp³-hybridized carbons (Fsp3) is 0.545. The standard InChI is InChI=1S/C11H16N4O3/c1-6(2)16-4-8(12)10-14-11(18-15-10)9-7(3)13-5-17-9/h5-6,8H,4,12H2,1-3H3. The predicted octanol–water partition coefficient (Wildman–Crippen LogP) is 1.46. The van der Waals surface area contributed by atoms with Gasteiger partial charge in [-0.05, 0) is 20.8 Å². The van der Waals surface area contributed by atoms with E-state index in [0.29, 0.717) is 23.9 Å². The molecule has 0 bridgehead atoms. The minimum atomic E-state index is -0.423. The van der Waals surface area contributed by atoms with Gasteiger partial charge in [-0.15, -0.1) is 0 Å². The fourth-order valence-electron chi connectivity index (χ4n) is 1.36. The third kappa shape index (κ3) is 2.74. The van der Waals surface area contributed by atoms with Crippen molar-refractivity contribution in [2.45, 2.75) is 32.9 Å². The zero-order valence-corrected chi connectivity index (χ0v) is 10.6. The van der Waals surface area contributed by atoms with Crippen LogP contribution in [0.5, 0.6) is 0 Å². The summed E-state index contributed by atoms with van der Waals surface area (Å²) in [5.74, 6) is 1.13. The zero-order chi connectivity index (χ0) is 13.1. The second-order valence-electron chi connectivity index (χ2n) is 4.21. The smallest absolute Gasteiger partial charge is 0.295 e. The van der Waals surface area contributed by atoms with E-state index in [1.807, 2.05) is 13.8 Å². The van der Waals surface area contributed by atoms with Crippen molar-refractivity contribution in [3.63, 3.8) is 0 Å². The van der Waals surface area contributed by atoms with Gasteiger partial charge in [-0.25, -0.2) is 4.98 Å². The van der Waals surface area contributed by atoms with Crippen molar-refractivity contribution in [1.82, 2.24) is 15.1 Å². The normalized spacial score (nSPS) is 13.2. The number of aryl methyl sites for hydroxylation is 1. The van der Waals surface area contributed by atoms with E-state index in [0.717, 1.165) is 0 Å². The highest BCUT2D eigenvalue weighted by Crippen LogP contribution is 2.21. The number of rotatable bonds is 5. The second-order valence-corrected chi connectivity index (χ2v) is 4.21. The molecule has 18 heavy (non-hydrogen) atoms. The molecule has 7 nitrogen and oxygen atoms in total. The Morgan fingerprint density at radius 1 is 1.44 bits per heavy atom. The summed E-state index contributed by atoms with van der Waals surface area (Å²) in [6.07, 6.45) is 1.44. The fourth-order valence-corrected chi connectivity index (χ4v) is 1.36. The monoisotopic (exact) mass is 252 g/mol. The van der Waals surface area contributed by atoms with E-state index >= 15 is 0 Å². The molecule has 0 aliphatic heterocycles. The number of ether oxygens (including phenoxy) is 1. The Labute approximate surface area is 104 Å². The van der Waals surface area contributed by atoms with E-state index in [-0.39, 0.29) is 12.0 Å². The van der Waals surface area contributed by atoms with Crippen LogP contribution in [-0.4, -0.2) is 27.8 Å². The van der Waals surface area contributed by atoms with Crippen LogP contribution in [0.25, 0.3) is 11.7 Å². The van der Waals surface area contributed by atoms with Crippen LogP contribution in [0.3, 0.4) is 0 Å². The largest absolute Gasteiger partial charge is 0.438 e. The molecule has 0 aliphatic carbocycles. The summed E-state index contributed by atoms with van der Waals surface area (Å²) < 4.78 is 15.6. The van der Waals surface area contributed by atoms with Gasteiger partial charge in [0, 0.05) is 0 Å². The summed E-state index contributed by atoms with van der Waals surface area (Å²) in [7, 11) is 0. The van der Waals surface area contributed by atoms with Gasteiger partial charge in [-0.1, -0.05) is 5.16 Å². The molecule has 0 saturated heterocycles. The van der Waals surface area contributed by atoms with Gasteiger partial charge >= 0.3 is 0 Å². The molecule has 0 spiro atoms. The lowest BCUT2D eigenvalue weighted by Crippen LogP contribution is -2.20. The van der Waals surface area contributed by atoms with Crippen LogP contribution in [0, 0.1) is 6.92 Å². The Balaban J connectivity index is 2.08. The van der Waals surface area contributed by atoms with Gasteiger partial charge in [-0.3, -0.25) is 0 Å². The Kier molecular flexibility index (Phi) is 3.73. The maximum atomic E-state index is 5.89. The molecule has 0 radical (unpaired) electrons. The maximum absolute atomic E-state index is 5.89. The van der Waals surface area contributed by atoms with E-state index in [9.17, 15) is 0 Å². The van der Waals surface area contributed by atoms with Gasteiger partial charge in [0.2, 0.25) is 5.76 Å². The van der Waals surface area contributed by atoms with Gasteiger partial charge in [0.05, 0.1) is 24.4 Å². The first kappa shape index (κ1) is 12.7. The molecule has 2 rings (SSSR count). The summed E-state index contributed by atoms with van der Waals surface area (Å²) in [4.78, 5) is 8.13. The van der Waals surface area contributed by atoms with E-state index in [2.05, 4.69) is 15.1 Å². The van der Waals surface area contributed by atoms with Crippen LogP contribution in [0.4, 0.5) is 0 Å². The van der Waals surface area contributed by atoms with Gasteiger partial charge in [0.25, 0.3) is 5.89 Å². The lowest BCUT2D eigenvalue weighted by Gasteiger charge is -2.10. The molecule has 0 fully saturated rings. The first-order valence-electron chi connectivity index (χ1n) is 5.69. The first-order valence-corrected chi connectivity index (χ1v) is 5.69. The maximum Gasteiger partial charge on any atom is 0.295 e. The Morgan fingerprint density at radius 3 is 2.83 bits per heavy atom. The summed E-state index contributed by atoms with van der Waals surface area (Å²) in [6, 6.07) is -0.423. The summed E-state index contributed by atoms with van der Waals surface area (Å²) >= 11 is 0. The third-order valence-electron chi connectivity index (χ3n) is 2.32. The van der Waals surface area contributed by atoms with Crippen LogP contribution in [0.1, 0.15) is 31.4 Å². The van der Waals surface area contributed by atoms with Gasteiger partial charge < -0.3 is 19.4 Å². The van der Waals surface area contributed by atoms with E-state index in [1.54, 1.807) is 6.92 Å². The Morgan fingerprint density at radius 2 is 2.22 bits per heavy atom. The molecule has 2 heterocycles. The highest BCUT2D eigenvalue weighted by atomic mass is 16.5. The van der Waals surface area contributed by atoms with Crippen molar-refractivity contribution >= 4 is 0 Å². The quantitative estimate of drug-likeness (QED) is 0.859. The average Bonchev–Trinajstić information content (AvgIpc) is 2.93. The molecule has 2 aromatic heterocycles. The molecule has 0 saturated carbocycles. The molecule has 98 valence electrons. The van der Waals surface area contributed by atoms with Gasteiger partial charge in [0.15, 0.2) is 12.2 Å². The van der Waals surface area contributed by atoms with Crippen LogP contribution in [-0.2, 0) is 4.74 Å². The molecule has 1 unspecified atom stereocenters. The molecule has 0 aliphatic rings. The second kappa shape index (κ2) is 5.28. The minimum Gasteiger partial charge on any atom is -0.438 e. The van der Waals surface area contributed by atoms with Crippen molar-refractivity contribution in [1.29, 1.82) is 0 Å². The van der Waals surface area contributed by atoms with E-state index < -0.39 is 6.04 Å². The zero-order valence-electron chi connectivity index (χ0n) is 10.6. The van der Waals surface area contributed by atoms with Crippen molar-refractivity contribution in [2.75, 3.05) is 6.61 Å². The molecular weight excluding hydrogens is 236 g/mol. The number of nitrogens with two attached hydrogens (primary N) is 1. The van der Waals surface area contributed by atoms with Crippen molar-refractivity contribution in [3.05, 3.63) is 17.9 Å². The van der Waals surface area contributed by atoms with Crippen LogP contribution in [0.15, 0.2) is 15.3 Å². The number of hydrogen-bond donors (Lipinski definition) is 1. The van der Waals surface area contributed by atoms with Gasteiger partial charge in [0.1, 0.15) is 0 Å². The van der Waals surface area contributed by atoms with Crippen LogP contribution in [0.2, 0.25) is 0 Å². The molecule has 0 amide bonds. The number of aromatic nitrogens is 3. The number of oxazole rings is 1. The summed E-state index contributed by atoms with van der Waals surface area (Å²) in [6.45, 7) is 6.01. The molecule has 1 atom stereocenters. The topological polar surface area (TPSA) is 100 Å².